The van der Waals surface area contributed by atoms with Crippen LogP contribution in [0.2, 0.25) is 0 Å². The van der Waals surface area contributed by atoms with Crippen molar-refractivity contribution in [3.63, 3.8) is 0 Å². The standard InChI is InChI=1S/C24H23NO4S/c1-14-4-6-17(7-5-14)24-25-16(3)22(30-24)13-28-18-8-9-19-20(11-23(26)27)15(2)12-29-21(19)10-18/h4-10,20H,2,11-13H2,1,3H3,(H,26,27). The van der Waals surface area contributed by atoms with Gasteiger partial charge in [-0.15, -0.1) is 11.3 Å². The van der Waals surface area contributed by atoms with Gasteiger partial charge in [-0.25, -0.2) is 4.98 Å². The summed E-state index contributed by atoms with van der Waals surface area (Å²) in [7, 11) is 0. The predicted molar refractivity (Wildman–Crippen MR) is 117 cm³/mol. The summed E-state index contributed by atoms with van der Waals surface area (Å²) >= 11 is 1.63. The maximum atomic E-state index is 11.2. The molecule has 3 aromatic rings. The molecular weight excluding hydrogens is 398 g/mol. The van der Waals surface area contributed by atoms with Crippen LogP contribution in [0.4, 0.5) is 0 Å². The molecule has 0 aliphatic carbocycles. The highest BCUT2D eigenvalue weighted by Gasteiger charge is 2.27. The number of carbonyl (C=O) groups is 1. The van der Waals surface area contributed by atoms with Gasteiger partial charge in [-0.2, -0.15) is 0 Å². The van der Waals surface area contributed by atoms with Gasteiger partial charge in [0.1, 0.15) is 29.7 Å². The van der Waals surface area contributed by atoms with Crippen molar-refractivity contribution in [3.05, 3.63) is 76.3 Å². The van der Waals surface area contributed by atoms with Crippen LogP contribution >= 0.6 is 11.3 Å². The van der Waals surface area contributed by atoms with Crippen LogP contribution in [-0.2, 0) is 11.4 Å². The minimum atomic E-state index is -0.848. The number of carboxylic acid groups (broad SMARTS) is 1. The van der Waals surface area contributed by atoms with Gasteiger partial charge in [0.05, 0.1) is 17.0 Å². The van der Waals surface area contributed by atoms with E-state index >= 15 is 0 Å². The summed E-state index contributed by atoms with van der Waals surface area (Å²) in [5.74, 6) is 0.257. The first-order valence-corrected chi connectivity index (χ1v) is 10.5. The maximum absolute atomic E-state index is 11.2. The third-order valence-corrected chi connectivity index (χ3v) is 6.39. The van der Waals surface area contributed by atoms with Crippen molar-refractivity contribution in [1.29, 1.82) is 0 Å². The summed E-state index contributed by atoms with van der Waals surface area (Å²) in [4.78, 5) is 16.9. The second kappa shape index (κ2) is 8.32. The Hall–Kier alpha value is -3.12. The van der Waals surface area contributed by atoms with Crippen molar-refractivity contribution in [2.45, 2.75) is 32.8 Å². The molecule has 1 aliphatic rings. The number of aliphatic carboxylic acids is 1. The molecule has 1 aromatic heterocycles. The fourth-order valence-electron chi connectivity index (χ4n) is 3.47. The lowest BCUT2D eigenvalue weighted by molar-refractivity contribution is -0.137. The van der Waals surface area contributed by atoms with Gasteiger partial charge >= 0.3 is 5.97 Å². The Bertz CT molecular complexity index is 1100. The summed E-state index contributed by atoms with van der Waals surface area (Å²) < 4.78 is 11.8. The molecule has 0 saturated carbocycles. The van der Waals surface area contributed by atoms with Gasteiger partial charge in [-0.05, 0) is 25.5 Å². The van der Waals surface area contributed by atoms with Gasteiger partial charge in [0, 0.05) is 23.1 Å². The molecule has 154 valence electrons. The van der Waals surface area contributed by atoms with Crippen LogP contribution in [-0.4, -0.2) is 22.7 Å². The van der Waals surface area contributed by atoms with Gasteiger partial charge in [-0.1, -0.05) is 42.5 Å². The maximum Gasteiger partial charge on any atom is 0.304 e. The largest absolute Gasteiger partial charge is 0.489 e. The molecule has 2 heterocycles. The number of rotatable bonds is 6. The van der Waals surface area contributed by atoms with Crippen molar-refractivity contribution >= 4 is 17.3 Å². The zero-order valence-electron chi connectivity index (χ0n) is 17.0. The molecule has 0 fully saturated rings. The molecule has 0 radical (unpaired) electrons. The number of aryl methyl sites for hydroxylation is 2. The number of thiazole rings is 1. The minimum Gasteiger partial charge on any atom is -0.489 e. The van der Waals surface area contributed by atoms with Crippen LogP contribution in [0.25, 0.3) is 10.6 Å². The van der Waals surface area contributed by atoms with Crippen molar-refractivity contribution in [1.82, 2.24) is 4.98 Å². The predicted octanol–water partition coefficient (Wildman–Crippen LogP) is 5.51. The molecule has 6 heteroatoms. The van der Waals surface area contributed by atoms with E-state index in [1.54, 1.807) is 11.3 Å². The number of fused-ring (bicyclic) bond motifs is 1. The molecule has 1 atom stereocenters. The Balaban J connectivity index is 1.49. The Labute approximate surface area is 179 Å². The average molecular weight is 422 g/mol. The normalized spacial score (nSPS) is 15.4. The fraction of sp³-hybridized carbons (Fsp3) is 0.250. The first-order chi connectivity index (χ1) is 14.4. The van der Waals surface area contributed by atoms with Crippen molar-refractivity contribution in [2.75, 3.05) is 6.61 Å². The molecule has 1 aliphatic heterocycles. The van der Waals surface area contributed by atoms with E-state index in [-0.39, 0.29) is 12.3 Å². The van der Waals surface area contributed by atoms with Crippen LogP contribution in [0.3, 0.4) is 0 Å². The molecule has 2 aromatic carbocycles. The van der Waals surface area contributed by atoms with Crippen molar-refractivity contribution < 1.29 is 19.4 Å². The smallest absolute Gasteiger partial charge is 0.304 e. The third kappa shape index (κ3) is 4.24. The van der Waals surface area contributed by atoms with E-state index in [1.807, 2.05) is 25.1 Å². The summed E-state index contributed by atoms with van der Waals surface area (Å²) in [6, 6.07) is 13.9. The molecule has 0 bridgehead atoms. The van der Waals surface area contributed by atoms with E-state index in [9.17, 15) is 9.90 Å². The SMILES string of the molecule is C=C1COc2cc(OCc3sc(-c4ccc(C)cc4)nc3C)ccc2C1CC(=O)O. The summed E-state index contributed by atoms with van der Waals surface area (Å²) in [6.07, 6.45) is 0.0112. The minimum absolute atomic E-state index is 0.0112. The van der Waals surface area contributed by atoms with Crippen LogP contribution in [0.15, 0.2) is 54.6 Å². The second-order valence-corrected chi connectivity index (χ2v) is 8.56. The lowest BCUT2D eigenvalue weighted by atomic mass is 9.87. The highest BCUT2D eigenvalue weighted by Crippen LogP contribution is 2.40. The Morgan fingerprint density at radius 1 is 1.27 bits per heavy atom. The summed E-state index contributed by atoms with van der Waals surface area (Å²) in [5.41, 5.74) is 4.91. The molecule has 0 amide bonds. The first-order valence-electron chi connectivity index (χ1n) is 9.73. The quantitative estimate of drug-likeness (QED) is 0.531. The number of ether oxygens (including phenoxy) is 2. The zero-order chi connectivity index (χ0) is 21.3. The van der Waals surface area contributed by atoms with Crippen molar-refractivity contribution in [3.8, 4) is 22.1 Å². The van der Waals surface area contributed by atoms with Gasteiger partial charge in [-0.3, -0.25) is 4.79 Å². The Morgan fingerprint density at radius 2 is 2.03 bits per heavy atom. The van der Waals surface area contributed by atoms with E-state index in [0.29, 0.717) is 24.7 Å². The first kappa shape index (κ1) is 20.2. The van der Waals surface area contributed by atoms with Crippen LogP contribution in [0, 0.1) is 13.8 Å². The van der Waals surface area contributed by atoms with Gasteiger partial charge < -0.3 is 14.6 Å². The van der Waals surface area contributed by atoms with Gasteiger partial charge in [0.25, 0.3) is 0 Å². The molecule has 30 heavy (non-hydrogen) atoms. The van der Waals surface area contributed by atoms with E-state index < -0.39 is 5.97 Å². The highest BCUT2D eigenvalue weighted by molar-refractivity contribution is 7.15. The molecule has 5 nitrogen and oxygen atoms in total. The topological polar surface area (TPSA) is 68.7 Å². The molecule has 4 rings (SSSR count). The molecule has 1 N–H and O–H groups in total. The second-order valence-electron chi connectivity index (χ2n) is 7.48. The molecule has 1 unspecified atom stereocenters. The lowest BCUT2D eigenvalue weighted by Gasteiger charge is -2.27. The van der Waals surface area contributed by atoms with Gasteiger partial charge in [0.2, 0.25) is 0 Å². The summed E-state index contributed by atoms with van der Waals surface area (Å²) in [5, 5.41) is 10.2. The lowest BCUT2D eigenvalue weighted by Crippen LogP contribution is -2.19. The molecular formula is C24H23NO4S. The van der Waals surface area contributed by atoms with Crippen molar-refractivity contribution in [2.24, 2.45) is 0 Å². The monoisotopic (exact) mass is 421 g/mol. The fourth-order valence-corrected chi connectivity index (χ4v) is 4.45. The van der Waals surface area contributed by atoms with E-state index in [2.05, 4.69) is 42.8 Å². The number of aromatic nitrogens is 1. The van der Waals surface area contributed by atoms with Gasteiger partial charge in [0.15, 0.2) is 0 Å². The zero-order valence-corrected chi connectivity index (χ0v) is 17.8. The number of nitrogens with zero attached hydrogens (tertiary/aromatic N) is 1. The van der Waals surface area contributed by atoms with Crippen LogP contribution in [0.5, 0.6) is 11.5 Å². The van der Waals surface area contributed by atoms with E-state index in [1.165, 1.54) is 5.56 Å². The Morgan fingerprint density at radius 3 is 2.77 bits per heavy atom. The number of hydrogen-bond acceptors (Lipinski definition) is 5. The third-order valence-electron chi connectivity index (χ3n) is 5.21. The van der Waals surface area contributed by atoms with E-state index in [0.717, 1.165) is 32.3 Å². The highest BCUT2D eigenvalue weighted by atomic mass is 32.1. The number of benzene rings is 2. The number of carboxylic acids is 1. The Kier molecular flexibility index (Phi) is 5.59. The molecule has 0 saturated heterocycles. The number of hydrogen-bond donors (Lipinski definition) is 1. The summed E-state index contributed by atoms with van der Waals surface area (Å²) in [6.45, 7) is 8.76. The van der Waals surface area contributed by atoms with Crippen LogP contribution < -0.4 is 9.47 Å². The molecule has 0 spiro atoms. The van der Waals surface area contributed by atoms with E-state index in [4.69, 9.17) is 9.47 Å². The van der Waals surface area contributed by atoms with Crippen LogP contribution in [0.1, 0.15) is 34.0 Å². The average Bonchev–Trinajstić information content (AvgIpc) is 3.09.